The van der Waals surface area contributed by atoms with Crippen LogP contribution in [0.4, 0.5) is 10.5 Å². The van der Waals surface area contributed by atoms with Gasteiger partial charge in [-0.25, -0.2) is 4.79 Å². The molecule has 0 bridgehead atoms. The Bertz CT molecular complexity index is 562. The number of hydrogen-bond acceptors (Lipinski definition) is 4. The number of ether oxygens (including phenoxy) is 1. The fourth-order valence-electron chi connectivity index (χ4n) is 2.32. The summed E-state index contributed by atoms with van der Waals surface area (Å²) in [6.45, 7) is 3.58. The molecular formula is C16H24N4O3. The number of morpholine rings is 1. The summed E-state index contributed by atoms with van der Waals surface area (Å²) < 4.78 is 5.47. The van der Waals surface area contributed by atoms with Gasteiger partial charge in [-0.2, -0.15) is 0 Å². The van der Waals surface area contributed by atoms with Crippen LogP contribution >= 0.6 is 0 Å². The minimum atomic E-state index is -0.333. The molecule has 1 aromatic carbocycles. The largest absolute Gasteiger partial charge is 0.375 e. The van der Waals surface area contributed by atoms with Crippen molar-refractivity contribution in [3.63, 3.8) is 0 Å². The second-order valence-corrected chi connectivity index (χ2v) is 5.75. The summed E-state index contributed by atoms with van der Waals surface area (Å²) in [6.07, 6.45) is -0.144. The molecular weight excluding hydrogens is 296 g/mol. The molecule has 1 aliphatic heterocycles. The van der Waals surface area contributed by atoms with Crippen LogP contribution in [0.1, 0.15) is 12.5 Å². The van der Waals surface area contributed by atoms with Crippen LogP contribution in [0.5, 0.6) is 0 Å². The fourth-order valence-corrected chi connectivity index (χ4v) is 2.32. The minimum absolute atomic E-state index is 0.0834. The van der Waals surface area contributed by atoms with Gasteiger partial charge in [0.05, 0.1) is 12.7 Å². The van der Waals surface area contributed by atoms with Crippen LogP contribution in [0.3, 0.4) is 0 Å². The van der Waals surface area contributed by atoms with Gasteiger partial charge in [0.2, 0.25) is 5.91 Å². The van der Waals surface area contributed by atoms with E-state index in [0.29, 0.717) is 25.4 Å². The molecule has 126 valence electrons. The molecule has 0 saturated carbocycles. The zero-order chi connectivity index (χ0) is 16.8. The maximum Gasteiger partial charge on any atom is 0.321 e. The van der Waals surface area contributed by atoms with Crippen molar-refractivity contribution in [2.24, 2.45) is 0 Å². The Morgan fingerprint density at radius 1 is 1.39 bits per heavy atom. The molecule has 0 spiro atoms. The number of anilines is 1. The van der Waals surface area contributed by atoms with Crippen molar-refractivity contribution in [3.8, 4) is 0 Å². The van der Waals surface area contributed by atoms with E-state index in [1.807, 2.05) is 31.2 Å². The van der Waals surface area contributed by atoms with Crippen molar-refractivity contribution in [2.45, 2.75) is 25.6 Å². The first-order valence-corrected chi connectivity index (χ1v) is 7.67. The lowest BCUT2D eigenvalue weighted by molar-refractivity contribution is -0.129. The number of urea groups is 1. The summed E-state index contributed by atoms with van der Waals surface area (Å²) in [5, 5.41) is 8.83. The van der Waals surface area contributed by atoms with Gasteiger partial charge in [-0.05, 0) is 24.6 Å². The lowest BCUT2D eigenvalue weighted by atomic mass is 10.1. The predicted octanol–water partition coefficient (Wildman–Crippen LogP) is 0.773. The average Bonchev–Trinajstić information content (AvgIpc) is 2.53. The van der Waals surface area contributed by atoms with Gasteiger partial charge in [-0.1, -0.05) is 12.1 Å². The van der Waals surface area contributed by atoms with Crippen molar-refractivity contribution in [1.29, 1.82) is 0 Å². The quantitative estimate of drug-likeness (QED) is 0.765. The normalized spacial score (nSPS) is 20.7. The van der Waals surface area contributed by atoms with Gasteiger partial charge in [0, 0.05) is 32.9 Å². The molecule has 2 atom stereocenters. The molecule has 2 rings (SSSR count). The molecule has 0 unspecified atom stereocenters. The van der Waals surface area contributed by atoms with Crippen LogP contribution in [0.15, 0.2) is 24.3 Å². The summed E-state index contributed by atoms with van der Waals surface area (Å²) in [7, 11) is 3.36. The molecule has 0 radical (unpaired) electrons. The Morgan fingerprint density at radius 3 is 2.87 bits per heavy atom. The van der Waals surface area contributed by atoms with E-state index in [9.17, 15) is 9.59 Å². The molecule has 7 heteroatoms. The highest BCUT2D eigenvalue weighted by Crippen LogP contribution is 2.11. The maximum atomic E-state index is 12.2. The Labute approximate surface area is 136 Å². The van der Waals surface area contributed by atoms with E-state index >= 15 is 0 Å². The first-order chi connectivity index (χ1) is 11.0. The summed E-state index contributed by atoms with van der Waals surface area (Å²) in [4.78, 5) is 25.3. The first-order valence-electron chi connectivity index (χ1n) is 7.67. The third-order valence-corrected chi connectivity index (χ3v) is 3.65. The number of amides is 3. The average molecular weight is 320 g/mol. The Morgan fingerprint density at radius 2 is 2.17 bits per heavy atom. The highest BCUT2D eigenvalue weighted by molar-refractivity contribution is 5.89. The van der Waals surface area contributed by atoms with Crippen molar-refractivity contribution in [1.82, 2.24) is 15.5 Å². The summed E-state index contributed by atoms with van der Waals surface area (Å²) >= 11 is 0. The van der Waals surface area contributed by atoms with Crippen LogP contribution in [0.25, 0.3) is 0 Å². The van der Waals surface area contributed by atoms with Gasteiger partial charge in [0.15, 0.2) is 0 Å². The molecule has 1 aliphatic rings. The number of benzene rings is 1. The van der Waals surface area contributed by atoms with Crippen LogP contribution in [0.2, 0.25) is 0 Å². The van der Waals surface area contributed by atoms with Gasteiger partial charge in [-0.3, -0.25) is 4.79 Å². The SMILES string of the molecule is C[C@H]1OCCN[C@@H]1C(=O)NCc1cccc(NC(=O)N(C)C)c1. The monoisotopic (exact) mass is 320 g/mol. The van der Waals surface area contributed by atoms with Crippen molar-refractivity contribution in [3.05, 3.63) is 29.8 Å². The van der Waals surface area contributed by atoms with Crippen molar-refractivity contribution < 1.29 is 14.3 Å². The van der Waals surface area contributed by atoms with E-state index in [-0.39, 0.29) is 24.1 Å². The van der Waals surface area contributed by atoms with Gasteiger partial charge in [-0.15, -0.1) is 0 Å². The van der Waals surface area contributed by atoms with Crippen LogP contribution in [-0.4, -0.2) is 56.2 Å². The number of carbonyl (C=O) groups is 2. The third kappa shape index (κ3) is 4.94. The third-order valence-electron chi connectivity index (χ3n) is 3.65. The number of nitrogens with one attached hydrogen (secondary N) is 3. The van der Waals surface area contributed by atoms with Crippen molar-refractivity contribution >= 4 is 17.6 Å². The standard InChI is InChI=1S/C16H24N4O3/c1-11-14(17-7-8-23-11)15(21)18-10-12-5-4-6-13(9-12)19-16(22)20(2)3/h4-6,9,11,14,17H,7-8,10H2,1-3H3,(H,18,21)(H,19,22)/t11-,14+/m1/s1. The van der Waals surface area contributed by atoms with E-state index in [0.717, 1.165) is 5.56 Å². The number of rotatable bonds is 4. The zero-order valence-corrected chi connectivity index (χ0v) is 13.8. The molecule has 3 N–H and O–H groups in total. The van der Waals surface area contributed by atoms with Crippen molar-refractivity contribution in [2.75, 3.05) is 32.6 Å². The van der Waals surface area contributed by atoms with E-state index < -0.39 is 0 Å². The summed E-state index contributed by atoms with van der Waals surface area (Å²) in [5.41, 5.74) is 1.61. The number of hydrogen-bond donors (Lipinski definition) is 3. The molecule has 3 amide bonds. The molecule has 1 aromatic rings. The molecule has 7 nitrogen and oxygen atoms in total. The van der Waals surface area contributed by atoms with Gasteiger partial charge >= 0.3 is 6.03 Å². The van der Waals surface area contributed by atoms with Gasteiger partial charge in [0.25, 0.3) is 0 Å². The lowest BCUT2D eigenvalue weighted by Crippen LogP contribution is -2.55. The highest BCUT2D eigenvalue weighted by Gasteiger charge is 2.27. The zero-order valence-electron chi connectivity index (χ0n) is 13.8. The lowest BCUT2D eigenvalue weighted by Gasteiger charge is -2.29. The Hall–Kier alpha value is -2.12. The van der Waals surface area contributed by atoms with E-state index in [1.165, 1.54) is 4.90 Å². The summed E-state index contributed by atoms with van der Waals surface area (Å²) in [6, 6.07) is 6.88. The smallest absolute Gasteiger partial charge is 0.321 e. The second kappa shape index (κ2) is 7.94. The van der Waals surface area contributed by atoms with Gasteiger partial charge in [0.1, 0.15) is 6.04 Å². The highest BCUT2D eigenvalue weighted by atomic mass is 16.5. The summed E-state index contributed by atoms with van der Waals surface area (Å²) in [5.74, 6) is -0.0834. The molecule has 1 fully saturated rings. The van der Waals surface area contributed by atoms with E-state index in [4.69, 9.17) is 4.74 Å². The van der Waals surface area contributed by atoms with Crippen LogP contribution < -0.4 is 16.0 Å². The molecule has 23 heavy (non-hydrogen) atoms. The Balaban J connectivity index is 1.90. The maximum absolute atomic E-state index is 12.2. The van der Waals surface area contributed by atoms with Gasteiger partial charge < -0.3 is 25.6 Å². The van der Waals surface area contributed by atoms with Crippen LogP contribution in [-0.2, 0) is 16.1 Å². The molecule has 1 saturated heterocycles. The van der Waals surface area contributed by atoms with E-state index in [1.54, 1.807) is 14.1 Å². The second-order valence-electron chi connectivity index (χ2n) is 5.75. The number of nitrogens with zero attached hydrogens (tertiary/aromatic N) is 1. The molecule has 0 aliphatic carbocycles. The fraction of sp³-hybridized carbons (Fsp3) is 0.500. The molecule has 0 aromatic heterocycles. The molecule has 1 heterocycles. The topological polar surface area (TPSA) is 82.7 Å². The predicted molar refractivity (Wildman–Crippen MR) is 88.2 cm³/mol. The first kappa shape index (κ1) is 17.2. The van der Waals surface area contributed by atoms with E-state index in [2.05, 4.69) is 16.0 Å². The number of carbonyl (C=O) groups excluding carboxylic acids is 2. The van der Waals surface area contributed by atoms with Crippen LogP contribution in [0, 0.1) is 0 Å². The Kier molecular flexibility index (Phi) is 5.95. The minimum Gasteiger partial charge on any atom is -0.375 e.